The number of primary amides is 1. The molecular weight excluding hydrogens is 216 g/mol. The zero-order chi connectivity index (χ0) is 12.8. The second-order valence-electron chi connectivity index (χ2n) is 4.67. The number of allylic oxidation sites excluding steroid dienone is 1. The lowest BCUT2D eigenvalue weighted by Gasteiger charge is -2.30. The zero-order valence-electron chi connectivity index (χ0n) is 10.7. The fourth-order valence-electron chi connectivity index (χ4n) is 2.33. The minimum atomic E-state index is -0.299. The molecule has 0 aromatic carbocycles. The first-order valence-corrected chi connectivity index (χ1v) is 6.33. The Labute approximate surface area is 103 Å². The average molecular weight is 238 g/mol. The van der Waals surface area contributed by atoms with E-state index in [1.54, 1.807) is 6.92 Å². The molecule has 1 aliphatic carbocycles. The third-order valence-corrected chi connectivity index (χ3v) is 3.32. The molecule has 0 unspecified atom stereocenters. The molecule has 0 bridgehead atoms. The van der Waals surface area contributed by atoms with Gasteiger partial charge in [-0.1, -0.05) is 25.8 Å². The second-order valence-corrected chi connectivity index (χ2v) is 4.67. The van der Waals surface area contributed by atoms with E-state index >= 15 is 0 Å². The molecule has 0 aliphatic heterocycles. The summed E-state index contributed by atoms with van der Waals surface area (Å²) >= 11 is 0. The Bertz CT molecular complexity index is 323. The van der Waals surface area contributed by atoms with Crippen molar-refractivity contribution in [2.75, 3.05) is 0 Å². The monoisotopic (exact) mass is 238 g/mol. The third kappa shape index (κ3) is 3.88. The van der Waals surface area contributed by atoms with Crippen LogP contribution in [0.15, 0.2) is 11.6 Å². The molecule has 0 radical (unpaired) electrons. The minimum Gasteiger partial charge on any atom is -0.369 e. The van der Waals surface area contributed by atoms with Crippen molar-refractivity contribution in [2.24, 2.45) is 11.7 Å². The Morgan fingerprint density at radius 2 is 2.00 bits per heavy atom. The second kappa shape index (κ2) is 6.42. The number of rotatable bonds is 4. The fraction of sp³-hybridized carbons (Fsp3) is 0.692. The number of nitrogens with two attached hydrogens (primary N) is 1. The lowest BCUT2D eigenvalue weighted by molar-refractivity contribution is -0.124. The maximum Gasteiger partial charge on any atom is 0.246 e. The predicted molar refractivity (Wildman–Crippen MR) is 67.1 cm³/mol. The van der Waals surface area contributed by atoms with Gasteiger partial charge in [-0.3, -0.25) is 9.59 Å². The van der Waals surface area contributed by atoms with E-state index in [1.807, 2.05) is 13.0 Å². The topological polar surface area (TPSA) is 72.2 Å². The number of nitrogens with one attached hydrogen (secondary N) is 1. The number of carbonyl (C=O) groups is 2. The Morgan fingerprint density at radius 1 is 1.35 bits per heavy atom. The van der Waals surface area contributed by atoms with Crippen LogP contribution < -0.4 is 11.1 Å². The smallest absolute Gasteiger partial charge is 0.246 e. The molecule has 0 heterocycles. The lowest BCUT2D eigenvalue weighted by Crippen LogP contribution is -2.47. The van der Waals surface area contributed by atoms with E-state index in [0.29, 0.717) is 5.57 Å². The van der Waals surface area contributed by atoms with Crippen molar-refractivity contribution in [1.82, 2.24) is 5.32 Å². The summed E-state index contributed by atoms with van der Waals surface area (Å²) in [5, 5.41) is 2.93. The van der Waals surface area contributed by atoms with E-state index < -0.39 is 0 Å². The Hall–Kier alpha value is -1.32. The molecule has 2 amide bonds. The molecule has 17 heavy (non-hydrogen) atoms. The van der Waals surface area contributed by atoms with Crippen molar-refractivity contribution < 1.29 is 9.59 Å². The molecular formula is C13H22N2O2. The van der Waals surface area contributed by atoms with Crippen molar-refractivity contribution in [2.45, 2.75) is 52.0 Å². The van der Waals surface area contributed by atoms with Crippen LogP contribution in [0.1, 0.15) is 46.0 Å². The van der Waals surface area contributed by atoms with Crippen LogP contribution in [0.2, 0.25) is 0 Å². The Morgan fingerprint density at radius 3 is 2.59 bits per heavy atom. The summed E-state index contributed by atoms with van der Waals surface area (Å²) in [4.78, 5) is 23.1. The van der Waals surface area contributed by atoms with Crippen LogP contribution in [0.25, 0.3) is 0 Å². The Kier molecular flexibility index (Phi) is 5.19. The Balaban J connectivity index is 2.62. The standard InChI is InChI=1S/C13H22N2O2/c1-3-6-9(2)13(17)15-11-8-5-4-7-10(11)12(14)16/h6,10-11H,3-5,7-8H2,1-2H3,(H2,14,16)(H,15,17)/b9-6+/t10-,11-/m0/s1. The van der Waals surface area contributed by atoms with Crippen molar-refractivity contribution in [3.63, 3.8) is 0 Å². The largest absolute Gasteiger partial charge is 0.369 e. The van der Waals surface area contributed by atoms with Crippen molar-refractivity contribution in [3.05, 3.63) is 11.6 Å². The van der Waals surface area contributed by atoms with Gasteiger partial charge in [0.2, 0.25) is 11.8 Å². The van der Waals surface area contributed by atoms with Crippen LogP contribution in [-0.2, 0) is 9.59 Å². The lowest BCUT2D eigenvalue weighted by atomic mass is 9.84. The van der Waals surface area contributed by atoms with Gasteiger partial charge in [0.05, 0.1) is 5.92 Å². The van der Waals surface area contributed by atoms with Gasteiger partial charge in [-0.25, -0.2) is 0 Å². The van der Waals surface area contributed by atoms with Crippen molar-refractivity contribution in [1.29, 1.82) is 0 Å². The van der Waals surface area contributed by atoms with Gasteiger partial charge in [0.1, 0.15) is 0 Å². The highest BCUT2D eigenvalue weighted by atomic mass is 16.2. The van der Waals surface area contributed by atoms with Crippen LogP contribution in [0.3, 0.4) is 0 Å². The summed E-state index contributed by atoms with van der Waals surface area (Å²) in [7, 11) is 0. The molecule has 3 N–H and O–H groups in total. The summed E-state index contributed by atoms with van der Waals surface area (Å²) in [6.45, 7) is 3.78. The quantitative estimate of drug-likeness (QED) is 0.728. The molecule has 0 aromatic heterocycles. The normalized spacial score (nSPS) is 25.4. The van der Waals surface area contributed by atoms with Crippen LogP contribution >= 0.6 is 0 Å². The van der Waals surface area contributed by atoms with Crippen LogP contribution in [-0.4, -0.2) is 17.9 Å². The first-order valence-electron chi connectivity index (χ1n) is 6.33. The molecule has 4 nitrogen and oxygen atoms in total. The predicted octanol–water partition coefficient (Wildman–Crippen LogP) is 1.50. The maximum absolute atomic E-state index is 11.8. The van der Waals surface area contributed by atoms with Crippen LogP contribution in [0, 0.1) is 5.92 Å². The van der Waals surface area contributed by atoms with Gasteiger partial charge in [-0.15, -0.1) is 0 Å². The fourth-order valence-corrected chi connectivity index (χ4v) is 2.33. The maximum atomic E-state index is 11.8. The van der Waals surface area contributed by atoms with Gasteiger partial charge in [-0.05, 0) is 26.2 Å². The molecule has 1 saturated carbocycles. The van der Waals surface area contributed by atoms with Gasteiger partial charge in [0.25, 0.3) is 0 Å². The molecule has 1 aliphatic rings. The highest BCUT2D eigenvalue weighted by Crippen LogP contribution is 2.24. The van der Waals surface area contributed by atoms with Gasteiger partial charge in [0.15, 0.2) is 0 Å². The summed E-state index contributed by atoms with van der Waals surface area (Å²) in [5.74, 6) is -0.584. The number of amides is 2. The summed E-state index contributed by atoms with van der Waals surface area (Å²) in [6, 6.07) is -0.0889. The highest BCUT2D eigenvalue weighted by molar-refractivity contribution is 5.93. The summed E-state index contributed by atoms with van der Waals surface area (Å²) in [5.41, 5.74) is 6.07. The molecule has 0 spiro atoms. The molecule has 1 fully saturated rings. The average Bonchev–Trinajstić information content (AvgIpc) is 2.29. The number of hydrogen-bond donors (Lipinski definition) is 2. The molecule has 4 heteroatoms. The van der Waals surface area contributed by atoms with Crippen LogP contribution in [0.5, 0.6) is 0 Å². The number of hydrogen-bond acceptors (Lipinski definition) is 2. The zero-order valence-corrected chi connectivity index (χ0v) is 10.7. The first kappa shape index (κ1) is 13.7. The summed E-state index contributed by atoms with van der Waals surface area (Å²) in [6.07, 6.45) is 6.42. The molecule has 1 rings (SSSR count). The third-order valence-electron chi connectivity index (χ3n) is 3.32. The van der Waals surface area contributed by atoms with Gasteiger partial charge >= 0.3 is 0 Å². The van der Waals surface area contributed by atoms with Gasteiger partial charge in [0, 0.05) is 11.6 Å². The van der Waals surface area contributed by atoms with E-state index in [-0.39, 0.29) is 23.8 Å². The van der Waals surface area contributed by atoms with E-state index in [1.165, 1.54) is 0 Å². The first-order chi connectivity index (χ1) is 8.06. The van der Waals surface area contributed by atoms with E-state index in [4.69, 9.17) is 5.73 Å². The highest BCUT2D eigenvalue weighted by Gasteiger charge is 2.30. The van der Waals surface area contributed by atoms with Crippen molar-refractivity contribution >= 4 is 11.8 Å². The van der Waals surface area contributed by atoms with E-state index in [9.17, 15) is 9.59 Å². The van der Waals surface area contributed by atoms with E-state index in [0.717, 1.165) is 32.1 Å². The van der Waals surface area contributed by atoms with E-state index in [2.05, 4.69) is 5.32 Å². The molecule has 0 saturated heterocycles. The molecule has 0 aromatic rings. The van der Waals surface area contributed by atoms with Crippen LogP contribution in [0.4, 0.5) is 0 Å². The number of carbonyl (C=O) groups excluding carboxylic acids is 2. The summed E-state index contributed by atoms with van der Waals surface area (Å²) < 4.78 is 0. The van der Waals surface area contributed by atoms with Gasteiger partial charge < -0.3 is 11.1 Å². The van der Waals surface area contributed by atoms with Crippen molar-refractivity contribution in [3.8, 4) is 0 Å². The van der Waals surface area contributed by atoms with Gasteiger partial charge in [-0.2, -0.15) is 0 Å². The minimum absolute atomic E-state index is 0.0787. The SMILES string of the molecule is CC/C=C(\C)C(=O)N[C@H]1CCCC[C@@H]1C(N)=O. The molecule has 96 valence electrons. The molecule has 2 atom stereocenters.